The minimum absolute atomic E-state index is 0.0316. The van der Waals surface area contributed by atoms with Crippen molar-refractivity contribution in [2.24, 2.45) is 0 Å². The lowest BCUT2D eigenvalue weighted by molar-refractivity contribution is -0.117. The first-order valence-corrected chi connectivity index (χ1v) is 12.5. The van der Waals surface area contributed by atoms with Gasteiger partial charge in [-0.15, -0.1) is 0 Å². The van der Waals surface area contributed by atoms with Gasteiger partial charge in [-0.05, 0) is 67.8 Å². The summed E-state index contributed by atoms with van der Waals surface area (Å²) >= 11 is 5.56. The molecule has 0 unspecified atom stereocenters. The number of nitrogens with one attached hydrogen (secondary N) is 2. The highest BCUT2D eigenvalue weighted by Gasteiger charge is 2.32. The fourth-order valence-corrected chi connectivity index (χ4v) is 7.28. The molecular formula is C18H24I3N3O8. The lowest BCUT2D eigenvalue weighted by Crippen LogP contribution is -2.40. The number of benzene rings is 1. The van der Waals surface area contributed by atoms with Gasteiger partial charge in [0.15, 0.2) is 0 Å². The summed E-state index contributed by atoms with van der Waals surface area (Å²) in [5, 5.41) is 51.8. The van der Waals surface area contributed by atoms with Crippen molar-refractivity contribution >= 4 is 91.2 Å². The van der Waals surface area contributed by atoms with Gasteiger partial charge in [-0.3, -0.25) is 14.4 Å². The Morgan fingerprint density at radius 2 is 1.38 bits per heavy atom. The average molecular weight is 791 g/mol. The van der Waals surface area contributed by atoms with Crippen LogP contribution in [-0.4, -0.2) is 94.9 Å². The second kappa shape index (κ2) is 14.1. The normalized spacial score (nSPS) is 12.8. The van der Waals surface area contributed by atoms with Crippen molar-refractivity contribution in [1.29, 1.82) is 0 Å². The smallest absolute Gasteiger partial charge is 0.253 e. The van der Waals surface area contributed by atoms with Gasteiger partial charge in [-0.25, -0.2) is 0 Å². The van der Waals surface area contributed by atoms with Crippen LogP contribution in [0.25, 0.3) is 0 Å². The van der Waals surface area contributed by atoms with Crippen LogP contribution in [0, 0.1) is 10.7 Å². The molecule has 0 aromatic heterocycles. The van der Waals surface area contributed by atoms with Gasteiger partial charge in [-0.1, -0.05) is 0 Å². The van der Waals surface area contributed by atoms with Gasteiger partial charge in [0, 0.05) is 23.6 Å². The van der Waals surface area contributed by atoms with Crippen LogP contribution in [-0.2, 0) is 4.79 Å². The van der Waals surface area contributed by atoms with Gasteiger partial charge >= 0.3 is 0 Å². The summed E-state index contributed by atoms with van der Waals surface area (Å²) in [7, 11) is 0. The Morgan fingerprint density at radius 1 is 0.875 bits per heavy atom. The number of carbonyl (C=O) groups excluding carboxylic acids is 3. The summed E-state index contributed by atoms with van der Waals surface area (Å²) in [5.41, 5.74) is 0.354. The average Bonchev–Trinajstić information content (AvgIpc) is 2.74. The molecule has 0 spiro atoms. The Kier molecular flexibility index (Phi) is 13.1. The molecule has 0 aliphatic carbocycles. The number of rotatable bonds is 11. The minimum Gasteiger partial charge on any atom is -0.395 e. The number of anilines is 1. The van der Waals surface area contributed by atoms with Gasteiger partial charge < -0.3 is 41.1 Å². The summed E-state index contributed by atoms with van der Waals surface area (Å²) < 4.78 is 0.920. The van der Waals surface area contributed by atoms with Crippen LogP contribution < -0.4 is 15.5 Å². The number of nitrogens with zero attached hydrogens (tertiary/aromatic N) is 1. The Balaban J connectivity index is 3.74. The number of aliphatic hydroxyl groups is 5. The molecule has 0 heterocycles. The molecule has 0 fully saturated rings. The van der Waals surface area contributed by atoms with Crippen molar-refractivity contribution in [2.45, 2.75) is 19.1 Å². The van der Waals surface area contributed by atoms with Crippen molar-refractivity contribution in [3.8, 4) is 0 Å². The van der Waals surface area contributed by atoms with Crippen LogP contribution in [0.4, 0.5) is 5.69 Å². The lowest BCUT2D eigenvalue weighted by atomic mass is 10.1. The van der Waals surface area contributed by atoms with E-state index in [0.717, 1.165) is 0 Å². The maximum absolute atomic E-state index is 12.9. The van der Waals surface area contributed by atoms with E-state index in [-0.39, 0.29) is 46.6 Å². The van der Waals surface area contributed by atoms with Crippen LogP contribution in [0.2, 0.25) is 0 Å². The predicted octanol–water partition coefficient (Wildman–Crippen LogP) is -0.988. The molecule has 0 radical (unpaired) electrons. The molecule has 0 saturated carbocycles. The molecule has 1 aromatic carbocycles. The third-order valence-corrected chi connectivity index (χ3v) is 7.29. The number of hydrogen-bond donors (Lipinski definition) is 7. The SMILES string of the molecule is CC(=O)N(C[C@@H](O)CO)c1c(I)c(C(=O)NCCO)c(I)c(C(=O)NC[C@H](O)CO)c1I. The minimum atomic E-state index is -1.26. The monoisotopic (exact) mass is 791 g/mol. The Bertz CT molecular complexity index is 855. The van der Waals surface area contributed by atoms with Gasteiger partial charge in [0.1, 0.15) is 0 Å². The number of amides is 3. The van der Waals surface area contributed by atoms with Gasteiger partial charge in [0.25, 0.3) is 11.8 Å². The van der Waals surface area contributed by atoms with E-state index < -0.39 is 43.1 Å². The highest BCUT2D eigenvalue weighted by atomic mass is 127. The second-order valence-electron chi connectivity index (χ2n) is 6.53. The van der Waals surface area contributed by atoms with E-state index in [9.17, 15) is 29.7 Å². The molecule has 0 saturated heterocycles. The summed E-state index contributed by atoms with van der Waals surface area (Å²) in [6, 6.07) is 0. The number of halogens is 3. The van der Waals surface area contributed by atoms with E-state index in [1.807, 2.05) is 67.8 Å². The molecule has 7 N–H and O–H groups in total. The van der Waals surface area contributed by atoms with Crippen molar-refractivity contribution < 1.29 is 39.9 Å². The largest absolute Gasteiger partial charge is 0.395 e. The van der Waals surface area contributed by atoms with Crippen LogP contribution in [0.3, 0.4) is 0 Å². The summed E-state index contributed by atoms with van der Waals surface area (Å²) in [6.07, 6.45) is -2.44. The summed E-state index contributed by atoms with van der Waals surface area (Å²) in [5.74, 6) is -1.72. The molecule has 1 rings (SSSR count). The van der Waals surface area contributed by atoms with E-state index in [4.69, 9.17) is 10.2 Å². The first-order chi connectivity index (χ1) is 15.0. The maximum Gasteiger partial charge on any atom is 0.253 e. The lowest BCUT2D eigenvalue weighted by Gasteiger charge is -2.28. The fraction of sp³-hybridized carbons (Fsp3) is 0.500. The van der Waals surface area contributed by atoms with Crippen molar-refractivity contribution in [1.82, 2.24) is 10.6 Å². The van der Waals surface area contributed by atoms with Gasteiger partial charge in [0.05, 0.1) is 62.5 Å². The Labute approximate surface area is 225 Å². The second-order valence-corrected chi connectivity index (χ2v) is 9.77. The fourth-order valence-electron chi connectivity index (χ4n) is 2.55. The van der Waals surface area contributed by atoms with Crippen molar-refractivity contribution in [3.05, 3.63) is 21.8 Å². The molecule has 0 bridgehead atoms. The standard InChI is InChI=1S/C18H24I3N3O8/c1-8(28)24(5-10(30)7-27)16-14(20)11(17(31)22-2-3-25)13(19)12(15(16)21)18(32)23-4-9(29)6-26/h9-10,25-27,29-30H,2-7H2,1H3,(H,22,31)(H,23,32)/t9-,10+/m0/s1. The molecule has 32 heavy (non-hydrogen) atoms. The predicted molar refractivity (Wildman–Crippen MR) is 141 cm³/mol. The van der Waals surface area contributed by atoms with Crippen LogP contribution in [0.5, 0.6) is 0 Å². The number of hydrogen-bond acceptors (Lipinski definition) is 8. The van der Waals surface area contributed by atoms with Gasteiger partial charge in [0.2, 0.25) is 5.91 Å². The van der Waals surface area contributed by atoms with Crippen LogP contribution in [0.1, 0.15) is 27.6 Å². The molecule has 1 aromatic rings. The van der Waals surface area contributed by atoms with Crippen LogP contribution in [0.15, 0.2) is 0 Å². The highest BCUT2D eigenvalue weighted by molar-refractivity contribution is 14.1. The third-order valence-electron chi connectivity index (χ3n) is 4.11. The molecule has 0 aliphatic heterocycles. The molecule has 3 amide bonds. The van der Waals surface area contributed by atoms with E-state index in [1.165, 1.54) is 11.8 Å². The summed E-state index contributed by atoms with van der Waals surface area (Å²) in [6.45, 7) is -0.761. The molecular weight excluding hydrogens is 767 g/mol. The number of carbonyl (C=O) groups is 3. The quantitative estimate of drug-likeness (QED) is 0.140. The molecule has 14 heteroatoms. The van der Waals surface area contributed by atoms with E-state index in [2.05, 4.69) is 10.6 Å². The zero-order valence-electron chi connectivity index (χ0n) is 16.9. The van der Waals surface area contributed by atoms with E-state index in [1.54, 1.807) is 0 Å². The highest BCUT2D eigenvalue weighted by Crippen LogP contribution is 2.38. The van der Waals surface area contributed by atoms with E-state index >= 15 is 0 Å². The van der Waals surface area contributed by atoms with E-state index in [0.29, 0.717) is 7.14 Å². The van der Waals surface area contributed by atoms with Gasteiger partial charge in [-0.2, -0.15) is 0 Å². The van der Waals surface area contributed by atoms with Crippen LogP contribution >= 0.6 is 67.8 Å². The maximum atomic E-state index is 12.9. The summed E-state index contributed by atoms with van der Waals surface area (Å²) in [4.78, 5) is 39.4. The first-order valence-electron chi connectivity index (χ1n) is 9.25. The molecule has 11 nitrogen and oxygen atoms in total. The third kappa shape index (κ3) is 7.57. The molecule has 180 valence electrons. The first kappa shape index (κ1) is 29.7. The topological polar surface area (TPSA) is 180 Å². The van der Waals surface area contributed by atoms with Crippen molar-refractivity contribution in [3.63, 3.8) is 0 Å². The molecule has 0 aliphatic rings. The zero-order valence-corrected chi connectivity index (χ0v) is 23.4. The number of aliphatic hydroxyl groups excluding tert-OH is 5. The van der Waals surface area contributed by atoms with Crippen molar-refractivity contribution in [2.75, 3.05) is 44.4 Å². The molecule has 2 atom stereocenters. The Hall–Kier alpha value is -0.380. The zero-order chi connectivity index (χ0) is 24.6. The Morgan fingerprint density at radius 3 is 1.81 bits per heavy atom.